The average molecular weight is 214 g/mol. The number of hydrogen-bond acceptors (Lipinski definition) is 3. The Labute approximate surface area is 84.7 Å². The molecule has 0 aromatic heterocycles. The third kappa shape index (κ3) is 1.83. The van der Waals surface area contributed by atoms with Crippen LogP contribution in [0.2, 0.25) is 5.02 Å². The van der Waals surface area contributed by atoms with Gasteiger partial charge in [-0.2, -0.15) is 5.26 Å². The first kappa shape index (κ1) is 10.5. The van der Waals surface area contributed by atoms with E-state index in [9.17, 15) is 9.18 Å². The predicted octanol–water partition coefficient (Wildman–Crippen LogP) is 2.14. The molecule has 1 aromatic rings. The van der Waals surface area contributed by atoms with E-state index in [1.807, 2.05) is 0 Å². The molecule has 0 heterocycles. The van der Waals surface area contributed by atoms with Gasteiger partial charge >= 0.3 is 5.97 Å². The van der Waals surface area contributed by atoms with E-state index in [0.717, 1.165) is 6.07 Å². The zero-order chi connectivity index (χ0) is 10.7. The maximum absolute atomic E-state index is 13.0. The van der Waals surface area contributed by atoms with Crippen LogP contribution in [0.5, 0.6) is 0 Å². The number of nitriles is 1. The molecule has 0 saturated carbocycles. The molecular weight excluding hydrogens is 209 g/mol. The molecule has 0 unspecified atom stereocenters. The number of nitrogens with zero attached hydrogens (tertiary/aromatic N) is 1. The Bertz CT molecular complexity index is 426. The van der Waals surface area contributed by atoms with Gasteiger partial charge in [-0.3, -0.25) is 0 Å². The third-order valence-electron chi connectivity index (χ3n) is 1.57. The van der Waals surface area contributed by atoms with Crippen LogP contribution in [0.4, 0.5) is 4.39 Å². The van der Waals surface area contributed by atoms with E-state index in [0.29, 0.717) is 0 Å². The van der Waals surface area contributed by atoms with Gasteiger partial charge < -0.3 is 4.74 Å². The van der Waals surface area contributed by atoms with Crippen molar-refractivity contribution in [1.82, 2.24) is 0 Å². The summed E-state index contributed by atoms with van der Waals surface area (Å²) in [6, 6.07) is 3.78. The molecule has 1 rings (SSSR count). The lowest BCUT2D eigenvalue weighted by atomic mass is 10.1. The fraction of sp³-hybridized carbons (Fsp3) is 0.111. The quantitative estimate of drug-likeness (QED) is 0.672. The van der Waals surface area contributed by atoms with Crippen LogP contribution in [-0.2, 0) is 4.74 Å². The van der Waals surface area contributed by atoms with Gasteiger partial charge in [-0.25, -0.2) is 9.18 Å². The monoisotopic (exact) mass is 213 g/mol. The summed E-state index contributed by atoms with van der Waals surface area (Å²) in [6.07, 6.45) is 0. The van der Waals surface area contributed by atoms with Gasteiger partial charge in [-0.15, -0.1) is 0 Å². The molecule has 0 aliphatic heterocycles. The molecule has 14 heavy (non-hydrogen) atoms. The second-order valence-corrected chi connectivity index (χ2v) is 2.80. The zero-order valence-electron chi connectivity index (χ0n) is 7.17. The van der Waals surface area contributed by atoms with Crippen LogP contribution in [0.3, 0.4) is 0 Å². The van der Waals surface area contributed by atoms with E-state index >= 15 is 0 Å². The number of benzene rings is 1. The predicted molar refractivity (Wildman–Crippen MR) is 47.5 cm³/mol. The van der Waals surface area contributed by atoms with Crippen LogP contribution in [0.1, 0.15) is 15.9 Å². The van der Waals surface area contributed by atoms with Crippen molar-refractivity contribution in [3.63, 3.8) is 0 Å². The summed E-state index contributed by atoms with van der Waals surface area (Å²) in [5, 5.41) is 8.28. The fourth-order valence-electron chi connectivity index (χ4n) is 0.906. The number of hydrogen-bond donors (Lipinski definition) is 0. The molecule has 0 spiro atoms. The molecule has 0 amide bonds. The third-order valence-corrected chi connectivity index (χ3v) is 1.95. The van der Waals surface area contributed by atoms with Crippen molar-refractivity contribution in [3.05, 3.63) is 34.1 Å². The molecule has 0 aliphatic carbocycles. The van der Waals surface area contributed by atoms with E-state index in [4.69, 9.17) is 16.9 Å². The highest BCUT2D eigenvalue weighted by Crippen LogP contribution is 2.21. The van der Waals surface area contributed by atoms with E-state index in [2.05, 4.69) is 4.74 Å². The van der Waals surface area contributed by atoms with Crippen molar-refractivity contribution in [2.24, 2.45) is 0 Å². The molecule has 0 N–H and O–H groups in total. The van der Waals surface area contributed by atoms with Crippen molar-refractivity contribution >= 4 is 17.6 Å². The molecule has 0 radical (unpaired) electrons. The zero-order valence-corrected chi connectivity index (χ0v) is 7.93. The van der Waals surface area contributed by atoms with Crippen LogP contribution in [-0.4, -0.2) is 13.1 Å². The van der Waals surface area contributed by atoms with Gasteiger partial charge in [-0.1, -0.05) is 11.6 Å². The Kier molecular flexibility index (Phi) is 3.05. The van der Waals surface area contributed by atoms with Gasteiger partial charge in [0.2, 0.25) is 0 Å². The van der Waals surface area contributed by atoms with Gasteiger partial charge in [0.1, 0.15) is 11.9 Å². The summed E-state index contributed by atoms with van der Waals surface area (Å²) >= 11 is 5.46. The van der Waals surface area contributed by atoms with Crippen molar-refractivity contribution in [1.29, 1.82) is 5.26 Å². The maximum atomic E-state index is 13.0. The topological polar surface area (TPSA) is 50.1 Å². The SMILES string of the molecule is COC(=O)c1cc(F)c(Cl)c(C#N)c1. The second-order valence-electron chi connectivity index (χ2n) is 2.42. The number of ether oxygens (including phenoxy) is 1. The highest BCUT2D eigenvalue weighted by atomic mass is 35.5. The summed E-state index contributed by atoms with van der Waals surface area (Å²) in [7, 11) is 1.17. The first-order chi connectivity index (χ1) is 6.60. The lowest BCUT2D eigenvalue weighted by Gasteiger charge is -2.01. The van der Waals surface area contributed by atoms with Crippen molar-refractivity contribution in [2.45, 2.75) is 0 Å². The highest BCUT2D eigenvalue weighted by molar-refractivity contribution is 6.32. The molecule has 0 atom stereocenters. The van der Waals surface area contributed by atoms with Gasteiger partial charge in [0.15, 0.2) is 0 Å². The average Bonchev–Trinajstić information content (AvgIpc) is 2.20. The summed E-state index contributed by atoms with van der Waals surface area (Å²) in [5.74, 6) is -1.52. The summed E-state index contributed by atoms with van der Waals surface area (Å²) < 4.78 is 17.4. The molecule has 0 saturated heterocycles. The molecule has 1 aromatic carbocycles. The van der Waals surface area contributed by atoms with Crippen LogP contribution < -0.4 is 0 Å². The van der Waals surface area contributed by atoms with Crippen LogP contribution in [0, 0.1) is 17.1 Å². The molecule has 0 fully saturated rings. The van der Waals surface area contributed by atoms with Gasteiger partial charge in [-0.05, 0) is 12.1 Å². The van der Waals surface area contributed by atoms with Crippen LogP contribution in [0.25, 0.3) is 0 Å². The Morgan fingerprint density at radius 3 is 2.79 bits per heavy atom. The Hall–Kier alpha value is -1.60. The summed E-state index contributed by atoms with van der Waals surface area (Å²) in [6.45, 7) is 0. The molecule has 5 heteroatoms. The minimum atomic E-state index is -0.814. The van der Waals surface area contributed by atoms with E-state index in [1.54, 1.807) is 6.07 Å². The Balaban J connectivity index is 3.32. The van der Waals surface area contributed by atoms with E-state index < -0.39 is 11.8 Å². The molecule has 72 valence electrons. The number of rotatable bonds is 1. The fourth-order valence-corrected chi connectivity index (χ4v) is 1.06. The smallest absolute Gasteiger partial charge is 0.337 e. The van der Waals surface area contributed by atoms with Crippen molar-refractivity contribution in [2.75, 3.05) is 7.11 Å². The lowest BCUT2D eigenvalue weighted by Crippen LogP contribution is -2.02. The Morgan fingerprint density at radius 2 is 2.29 bits per heavy atom. The van der Waals surface area contributed by atoms with Gasteiger partial charge in [0.25, 0.3) is 0 Å². The first-order valence-electron chi connectivity index (χ1n) is 3.57. The standard InChI is InChI=1S/C9H5ClFNO2/c1-14-9(13)5-2-6(4-12)8(10)7(11)3-5/h2-3H,1H3. The minimum Gasteiger partial charge on any atom is -0.465 e. The number of carbonyl (C=O) groups is 1. The van der Waals surface area contributed by atoms with Gasteiger partial charge in [0.05, 0.1) is 23.3 Å². The summed E-state index contributed by atoms with van der Waals surface area (Å²) in [4.78, 5) is 11.0. The Morgan fingerprint density at radius 1 is 1.64 bits per heavy atom. The molecule has 0 aliphatic rings. The largest absolute Gasteiger partial charge is 0.465 e. The number of esters is 1. The van der Waals surface area contributed by atoms with Gasteiger partial charge in [0, 0.05) is 0 Å². The second kappa shape index (κ2) is 4.07. The molecular formula is C9H5ClFNO2. The molecule has 0 bridgehead atoms. The van der Waals surface area contributed by atoms with E-state index in [1.165, 1.54) is 13.2 Å². The number of carbonyl (C=O) groups excluding carboxylic acids is 1. The summed E-state index contributed by atoms with van der Waals surface area (Å²) in [5.41, 5.74) is -0.127. The minimum absolute atomic E-state index is 0.0362. The first-order valence-corrected chi connectivity index (χ1v) is 3.95. The van der Waals surface area contributed by atoms with Crippen LogP contribution in [0.15, 0.2) is 12.1 Å². The van der Waals surface area contributed by atoms with Crippen molar-refractivity contribution < 1.29 is 13.9 Å². The normalized spacial score (nSPS) is 9.29. The molecule has 3 nitrogen and oxygen atoms in total. The van der Waals surface area contributed by atoms with E-state index in [-0.39, 0.29) is 16.1 Å². The number of halogens is 2. The van der Waals surface area contributed by atoms with Crippen molar-refractivity contribution in [3.8, 4) is 6.07 Å². The number of methoxy groups -OCH3 is 1. The van der Waals surface area contributed by atoms with Crippen LogP contribution >= 0.6 is 11.6 Å². The maximum Gasteiger partial charge on any atom is 0.337 e. The lowest BCUT2D eigenvalue weighted by molar-refractivity contribution is 0.0600. The highest BCUT2D eigenvalue weighted by Gasteiger charge is 2.13.